The monoisotopic (exact) mass is 499 g/mol. The largest absolute Gasteiger partial charge is 0.493 e. The van der Waals surface area contributed by atoms with E-state index in [4.69, 9.17) is 9.47 Å². The van der Waals surface area contributed by atoms with Gasteiger partial charge in [-0.25, -0.2) is 4.79 Å². The Morgan fingerprint density at radius 1 is 1.00 bits per heavy atom. The zero-order valence-corrected chi connectivity index (χ0v) is 20.9. The van der Waals surface area contributed by atoms with Crippen molar-refractivity contribution in [2.75, 3.05) is 20.7 Å². The summed E-state index contributed by atoms with van der Waals surface area (Å²) >= 11 is 0. The number of nitrogens with zero attached hydrogens (tertiary/aromatic N) is 2. The molecule has 1 N–H and O–H groups in total. The average molecular weight is 500 g/mol. The van der Waals surface area contributed by atoms with E-state index in [-0.39, 0.29) is 24.9 Å². The standard InChI is InChI=1S/C29H29N3O5/c1-31(17-21-12-13-24(25(16-21)36-2)37-19-20-8-4-3-5-9-20)26(33)18-32-27(34)29(30-28(32)35)15-14-22-10-6-7-11-23(22)29/h3-13,16H,14-15,17-19H2,1-2H3,(H,30,35). The first kappa shape index (κ1) is 24.4. The SMILES string of the molecule is COc1cc(CN(C)C(=O)CN2C(=O)NC3(CCc4ccccc43)C2=O)ccc1OCc1ccccc1. The number of rotatable bonds is 8. The number of amides is 4. The Morgan fingerprint density at radius 2 is 1.76 bits per heavy atom. The lowest BCUT2D eigenvalue weighted by atomic mass is 9.92. The fourth-order valence-corrected chi connectivity index (χ4v) is 5.02. The van der Waals surface area contributed by atoms with Gasteiger partial charge in [0.15, 0.2) is 11.5 Å². The molecule has 1 saturated heterocycles. The Labute approximate surface area is 215 Å². The van der Waals surface area contributed by atoms with Gasteiger partial charge in [0.1, 0.15) is 18.7 Å². The number of imide groups is 1. The second-order valence-electron chi connectivity index (χ2n) is 9.39. The number of hydrogen-bond acceptors (Lipinski definition) is 5. The molecule has 1 aliphatic carbocycles. The van der Waals surface area contributed by atoms with E-state index in [0.717, 1.165) is 27.2 Å². The van der Waals surface area contributed by atoms with Gasteiger partial charge in [-0.05, 0) is 47.2 Å². The lowest BCUT2D eigenvalue weighted by molar-refractivity contribution is -0.138. The van der Waals surface area contributed by atoms with E-state index in [1.165, 1.54) is 4.90 Å². The van der Waals surface area contributed by atoms with E-state index in [9.17, 15) is 14.4 Å². The van der Waals surface area contributed by atoms with Crippen molar-refractivity contribution in [2.24, 2.45) is 0 Å². The maximum absolute atomic E-state index is 13.3. The molecule has 190 valence electrons. The molecule has 3 aromatic carbocycles. The van der Waals surface area contributed by atoms with Crippen LogP contribution in [0.3, 0.4) is 0 Å². The number of hydrogen-bond donors (Lipinski definition) is 1. The van der Waals surface area contributed by atoms with Crippen LogP contribution < -0.4 is 14.8 Å². The van der Waals surface area contributed by atoms with Crippen LogP contribution in [0.25, 0.3) is 0 Å². The molecule has 1 atom stereocenters. The fraction of sp³-hybridized carbons (Fsp3) is 0.276. The van der Waals surface area contributed by atoms with Crippen LogP contribution in [0, 0.1) is 0 Å². The molecule has 4 amide bonds. The van der Waals surface area contributed by atoms with Crippen molar-refractivity contribution in [3.8, 4) is 11.5 Å². The van der Waals surface area contributed by atoms with E-state index in [1.807, 2.05) is 72.8 Å². The van der Waals surface area contributed by atoms with Crippen molar-refractivity contribution >= 4 is 17.8 Å². The third-order valence-electron chi connectivity index (χ3n) is 7.03. The second-order valence-corrected chi connectivity index (χ2v) is 9.39. The first-order valence-corrected chi connectivity index (χ1v) is 12.2. The lowest BCUT2D eigenvalue weighted by Gasteiger charge is -2.23. The first-order chi connectivity index (χ1) is 17.9. The van der Waals surface area contributed by atoms with Crippen LogP contribution >= 0.6 is 0 Å². The van der Waals surface area contributed by atoms with Gasteiger partial charge in [-0.2, -0.15) is 0 Å². The molecule has 0 radical (unpaired) electrons. The Hall–Kier alpha value is -4.33. The molecular formula is C29H29N3O5. The zero-order chi connectivity index (χ0) is 26.0. The van der Waals surface area contributed by atoms with Crippen molar-refractivity contribution in [3.05, 3.63) is 95.1 Å². The summed E-state index contributed by atoms with van der Waals surface area (Å²) in [5.74, 6) is 0.455. The number of urea groups is 1. The number of carbonyl (C=O) groups excluding carboxylic acids is 3. The maximum atomic E-state index is 13.3. The molecule has 5 rings (SSSR count). The van der Waals surface area contributed by atoms with Gasteiger partial charge in [0.2, 0.25) is 5.91 Å². The molecule has 0 bridgehead atoms. The van der Waals surface area contributed by atoms with Crippen LogP contribution in [0.1, 0.15) is 28.7 Å². The molecule has 2 aliphatic rings. The number of nitrogens with one attached hydrogen (secondary N) is 1. The van der Waals surface area contributed by atoms with Crippen LogP contribution in [0.5, 0.6) is 11.5 Å². The number of ether oxygens (including phenoxy) is 2. The summed E-state index contributed by atoms with van der Waals surface area (Å²) in [5, 5.41) is 2.86. The lowest BCUT2D eigenvalue weighted by Crippen LogP contribution is -2.44. The Bertz CT molecular complexity index is 1340. The number of fused-ring (bicyclic) bond motifs is 2. The van der Waals surface area contributed by atoms with Gasteiger partial charge in [-0.3, -0.25) is 14.5 Å². The molecule has 1 heterocycles. The first-order valence-electron chi connectivity index (χ1n) is 12.2. The summed E-state index contributed by atoms with van der Waals surface area (Å²) in [4.78, 5) is 41.6. The van der Waals surface area contributed by atoms with E-state index in [2.05, 4.69) is 5.32 Å². The second kappa shape index (κ2) is 9.97. The number of methoxy groups -OCH3 is 1. The van der Waals surface area contributed by atoms with E-state index in [1.54, 1.807) is 14.2 Å². The van der Waals surface area contributed by atoms with Crippen LogP contribution in [0.4, 0.5) is 4.79 Å². The predicted octanol–water partition coefficient (Wildman–Crippen LogP) is 3.63. The summed E-state index contributed by atoms with van der Waals surface area (Å²) < 4.78 is 11.4. The van der Waals surface area contributed by atoms with Gasteiger partial charge in [0.25, 0.3) is 5.91 Å². The number of aryl methyl sites for hydroxylation is 1. The summed E-state index contributed by atoms with van der Waals surface area (Å²) in [6, 6.07) is 22.4. The van der Waals surface area contributed by atoms with Gasteiger partial charge in [-0.15, -0.1) is 0 Å². The Balaban J connectivity index is 1.23. The predicted molar refractivity (Wildman–Crippen MR) is 137 cm³/mol. The van der Waals surface area contributed by atoms with Gasteiger partial charge in [0.05, 0.1) is 7.11 Å². The highest BCUT2D eigenvalue weighted by molar-refractivity contribution is 6.09. The van der Waals surface area contributed by atoms with Crippen LogP contribution in [0.2, 0.25) is 0 Å². The van der Waals surface area contributed by atoms with Crippen molar-refractivity contribution < 1.29 is 23.9 Å². The van der Waals surface area contributed by atoms with E-state index < -0.39 is 11.6 Å². The minimum Gasteiger partial charge on any atom is -0.493 e. The van der Waals surface area contributed by atoms with Crippen LogP contribution in [-0.4, -0.2) is 48.3 Å². The quantitative estimate of drug-likeness (QED) is 0.479. The summed E-state index contributed by atoms with van der Waals surface area (Å²) in [7, 11) is 3.21. The van der Waals surface area contributed by atoms with Crippen molar-refractivity contribution in [2.45, 2.75) is 31.5 Å². The summed E-state index contributed by atoms with van der Waals surface area (Å²) in [6.07, 6.45) is 1.20. The van der Waals surface area contributed by atoms with Crippen LogP contribution in [0.15, 0.2) is 72.8 Å². The van der Waals surface area contributed by atoms with E-state index >= 15 is 0 Å². The third-order valence-corrected chi connectivity index (χ3v) is 7.03. The molecule has 8 heteroatoms. The smallest absolute Gasteiger partial charge is 0.325 e. The van der Waals surface area contributed by atoms with Crippen molar-refractivity contribution in [1.82, 2.24) is 15.1 Å². The Kier molecular flexibility index (Phi) is 6.56. The zero-order valence-electron chi connectivity index (χ0n) is 20.9. The molecule has 37 heavy (non-hydrogen) atoms. The summed E-state index contributed by atoms with van der Waals surface area (Å²) in [5.41, 5.74) is 2.67. The minimum atomic E-state index is -1.07. The van der Waals surface area contributed by atoms with Gasteiger partial charge < -0.3 is 19.7 Å². The molecular weight excluding hydrogens is 470 g/mol. The molecule has 1 spiro atoms. The van der Waals surface area contributed by atoms with Gasteiger partial charge >= 0.3 is 6.03 Å². The van der Waals surface area contributed by atoms with E-state index in [0.29, 0.717) is 30.9 Å². The molecule has 1 unspecified atom stereocenters. The molecule has 1 aliphatic heterocycles. The highest BCUT2D eigenvalue weighted by atomic mass is 16.5. The Morgan fingerprint density at radius 3 is 2.54 bits per heavy atom. The van der Waals surface area contributed by atoms with Crippen LogP contribution in [-0.2, 0) is 34.7 Å². The molecule has 0 aromatic heterocycles. The molecule has 3 aromatic rings. The van der Waals surface area contributed by atoms with Gasteiger partial charge in [0, 0.05) is 13.6 Å². The third kappa shape index (κ3) is 4.62. The van der Waals surface area contributed by atoms with Crippen molar-refractivity contribution in [1.29, 1.82) is 0 Å². The average Bonchev–Trinajstić information content (AvgIpc) is 3.40. The molecule has 0 saturated carbocycles. The maximum Gasteiger partial charge on any atom is 0.325 e. The minimum absolute atomic E-state index is 0.284. The number of carbonyl (C=O) groups is 3. The fourth-order valence-electron chi connectivity index (χ4n) is 5.02. The normalized spacial score (nSPS) is 18.1. The molecule has 1 fully saturated rings. The van der Waals surface area contributed by atoms with Crippen molar-refractivity contribution in [3.63, 3.8) is 0 Å². The molecule has 8 nitrogen and oxygen atoms in total. The highest BCUT2D eigenvalue weighted by Gasteiger charge is 2.55. The van der Waals surface area contributed by atoms with Gasteiger partial charge in [-0.1, -0.05) is 60.7 Å². The highest BCUT2D eigenvalue weighted by Crippen LogP contribution is 2.41. The number of benzene rings is 3. The number of likely N-dealkylation sites (N-methyl/N-ethyl adjacent to an activating group) is 1. The topological polar surface area (TPSA) is 88.2 Å². The summed E-state index contributed by atoms with van der Waals surface area (Å²) in [6.45, 7) is 0.374.